The van der Waals surface area contributed by atoms with Crippen LogP contribution in [0.5, 0.6) is 0 Å². The summed E-state index contributed by atoms with van der Waals surface area (Å²) in [5, 5.41) is 3.19. The molecule has 21 heavy (non-hydrogen) atoms. The number of piperidine rings is 1. The molecule has 0 saturated carbocycles. The molecule has 5 heteroatoms. The molecule has 2 aliphatic heterocycles. The number of rotatable bonds is 5. The second-order valence-corrected chi connectivity index (χ2v) is 7.22. The van der Waals surface area contributed by atoms with Gasteiger partial charge < -0.3 is 15.8 Å². The summed E-state index contributed by atoms with van der Waals surface area (Å²) >= 11 is 0. The topological polar surface area (TPSA) is 62.9 Å². The lowest BCUT2D eigenvalue weighted by molar-refractivity contribution is 0.0774. The van der Waals surface area contributed by atoms with Gasteiger partial charge in [-0.05, 0) is 52.0 Å². The highest BCUT2D eigenvalue weighted by Crippen LogP contribution is 2.24. The third-order valence-electron chi connectivity index (χ3n) is 4.68. The first-order chi connectivity index (χ1) is 9.97. The van der Waals surface area contributed by atoms with Crippen LogP contribution in [0.25, 0.3) is 0 Å². The van der Waals surface area contributed by atoms with Gasteiger partial charge in [0.25, 0.3) is 0 Å². The Hall–Kier alpha value is -0.810. The molecular weight excluding hydrogens is 264 g/mol. The molecule has 0 amide bonds. The smallest absolute Gasteiger partial charge is 0.188 e. The number of ether oxygens (including phenoxy) is 1. The second-order valence-electron chi connectivity index (χ2n) is 7.22. The fourth-order valence-corrected chi connectivity index (χ4v) is 3.20. The molecule has 0 aromatic heterocycles. The summed E-state index contributed by atoms with van der Waals surface area (Å²) in [6.07, 6.45) is 5.22. The Kier molecular flexibility index (Phi) is 5.88. The SMILES string of the molecule is CC1CCCN(C(C)(C)CN=C(N)NCC2CCCO2)C1. The van der Waals surface area contributed by atoms with Gasteiger partial charge in [-0.1, -0.05) is 6.92 Å². The summed E-state index contributed by atoms with van der Waals surface area (Å²) in [7, 11) is 0. The fourth-order valence-electron chi connectivity index (χ4n) is 3.20. The van der Waals surface area contributed by atoms with Gasteiger partial charge in [-0.25, -0.2) is 0 Å². The minimum atomic E-state index is 0.0742. The maximum absolute atomic E-state index is 5.98. The van der Waals surface area contributed by atoms with Crippen LogP contribution < -0.4 is 11.1 Å². The quantitative estimate of drug-likeness (QED) is 0.597. The van der Waals surface area contributed by atoms with Gasteiger partial charge in [-0.2, -0.15) is 0 Å². The molecule has 2 aliphatic rings. The van der Waals surface area contributed by atoms with Gasteiger partial charge in [-0.15, -0.1) is 0 Å². The molecule has 3 N–H and O–H groups in total. The van der Waals surface area contributed by atoms with E-state index in [-0.39, 0.29) is 5.54 Å². The zero-order chi connectivity index (χ0) is 15.3. The van der Waals surface area contributed by atoms with Crippen molar-refractivity contribution >= 4 is 5.96 Å². The third kappa shape index (κ3) is 5.15. The third-order valence-corrected chi connectivity index (χ3v) is 4.68. The van der Waals surface area contributed by atoms with Gasteiger partial charge in [0.15, 0.2) is 5.96 Å². The van der Waals surface area contributed by atoms with E-state index >= 15 is 0 Å². The molecule has 2 heterocycles. The predicted octanol–water partition coefficient (Wildman–Crippen LogP) is 1.58. The van der Waals surface area contributed by atoms with Gasteiger partial charge in [0.1, 0.15) is 0 Å². The van der Waals surface area contributed by atoms with E-state index in [2.05, 4.69) is 36.0 Å². The highest BCUT2D eigenvalue weighted by atomic mass is 16.5. The van der Waals surface area contributed by atoms with E-state index in [0.29, 0.717) is 12.1 Å². The van der Waals surface area contributed by atoms with Crippen LogP contribution in [0.1, 0.15) is 46.5 Å². The molecule has 0 spiro atoms. The van der Waals surface area contributed by atoms with Crippen LogP contribution in [-0.4, -0.2) is 55.3 Å². The van der Waals surface area contributed by atoms with Crippen molar-refractivity contribution < 1.29 is 4.74 Å². The Bertz CT molecular complexity index is 350. The molecule has 0 aliphatic carbocycles. The molecule has 122 valence electrons. The van der Waals surface area contributed by atoms with Crippen LogP contribution in [0.2, 0.25) is 0 Å². The number of nitrogens with two attached hydrogens (primary N) is 1. The summed E-state index contributed by atoms with van der Waals surface area (Å²) in [5.74, 6) is 1.33. The molecule has 2 fully saturated rings. The molecule has 0 bridgehead atoms. The molecule has 2 atom stereocenters. The van der Waals surface area contributed by atoms with E-state index in [1.54, 1.807) is 0 Å². The van der Waals surface area contributed by atoms with Crippen molar-refractivity contribution in [2.75, 3.05) is 32.8 Å². The summed E-state index contributed by atoms with van der Waals surface area (Å²) in [4.78, 5) is 7.10. The predicted molar refractivity (Wildman–Crippen MR) is 87.5 cm³/mol. The van der Waals surface area contributed by atoms with Crippen molar-refractivity contribution in [2.45, 2.75) is 58.1 Å². The van der Waals surface area contributed by atoms with Crippen molar-refractivity contribution in [3.05, 3.63) is 0 Å². The first-order valence-electron chi connectivity index (χ1n) is 8.38. The minimum absolute atomic E-state index is 0.0742. The number of nitrogens with one attached hydrogen (secondary N) is 1. The van der Waals surface area contributed by atoms with Crippen molar-refractivity contribution in [3.8, 4) is 0 Å². The first kappa shape index (κ1) is 16.6. The van der Waals surface area contributed by atoms with Crippen LogP contribution in [0, 0.1) is 5.92 Å². The zero-order valence-electron chi connectivity index (χ0n) is 13.9. The van der Waals surface area contributed by atoms with Crippen molar-refractivity contribution in [3.63, 3.8) is 0 Å². The summed E-state index contributed by atoms with van der Waals surface area (Å²) in [6.45, 7) is 11.6. The average molecular weight is 296 g/mol. The Morgan fingerprint density at radius 2 is 2.19 bits per heavy atom. The molecule has 5 nitrogen and oxygen atoms in total. The van der Waals surface area contributed by atoms with E-state index in [9.17, 15) is 0 Å². The van der Waals surface area contributed by atoms with Gasteiger partial charge >= 0.3 is 0 Å². The van der Waals surface area contributed by atoms with Crippen LogP contribution in [0.3, 0.4) is 0 Å². The van der Waals surface area contributed by atoms with Crippen molar-refractivity contribution in [1.29, 1.82) is 0 Å². The van der Waals surface area contributed by atoms with Crippen LogP contribution in [0.15, 0.2) is 4.99 Å². The lowest BCUT2D eigenvalue weighted by Crippen LogP contribution is -2.51. The Balaban J connectivity index is 1.76. The number of nitrogens with zero attached hydrogens (tertiary/aromatic N) is 2. The van der Waals surface area contributed by atoms with Gasteiger partial charge in [0.05, 0.1) is 12.6 Å². The van der Waals surface area contributed by atoms with Crippen LogP contribution in [0.4, 0.5) is 0 Å². The number of likely N-dealkylation sites (tertiary alicyclic amines) is 1. The maximum atomic E-state index is 5.98. The van der Waals surface area contributed by atoms with E-state index in [0.717, 1.165) is 38.5 Å². The van der Waals surface area contributed by atoms with E-state index in [4.69, 9.17) is 10.5 Å². The molecule has 2 saturated heterocycles. The fraction of sp³-hybridized carbons (Fsp3) is 0.938. The zero-order valence-corrected chi connectivity index (χ0v) is 13.9. The van der Waals surface area contributed by atoms with Crippen LogP contribution in [-0.2, 0) is 4.74 Å². The lowest BCUT2D eigenvalue weighted by atomic mass is 9.94. The maximum Gasteiger partial charge on any atom is 0.188 e. The second kappa shape index (κ2) is 7.45. The normalized spacial score (nSPS) is 28.8. The summed E-state index contributed by atoms with van der Waals surface area (Å²) in [6, 6.07) is 0. The molecule has 2 unspecified atom stereocenters. The monoisotopic (exact) mass is 296 g/mol. The van der Waals surface area contributed by atoms with E-state index in [1.807, 2.05) is 0 Å². The number of aliphatic imine (C=N–C) groups is 1. The van der Waals surface area contributed by atoms with Crippen LogP contribution >= 0.6 is 0 Å². The van der Waals surface area contributed by atoms with Gasteiger partial charge in [0.2, 0.25) is 0 Å². The van der Waals surface area contributed by atoms with Crippen molar-refractivity contribution in [1.82, 2.24) is 10.2 Å². The molecule has 0 aromatic carbocycles. The van der Waals surface area contributed by atoms with Gasteiger partial charge in [0, 0.05) is 25.2 Å². The Labute approximate surface area is 129 Å². The highest BCUT2D eigenvalue weighted by Gasteiger charge is 2.29. The molecule has 0 radical (unpaired) electrons. The molecule has 0 aromatic rings. The molecular formula is C16H32N4O. The van der Waals surface area contributed by atoms with Crippen molar-refractivity contribution in [2.24, 2.45) is 16.6 Å². The average Bonchev–Trinajstić information content (AvgIpc) is 2.96. The highest BCUT2D eigenvalue weighted by molar-refractivity contribution is 5.77. The summed E-state index contributed by atoms with van der Waals surface area (Å²) in [5.41, 5.74) is 6.05. The lowest BCUT2D eigenvalue weighted by Gasteiger charge is -2.42. The number of guanidine groups is 1. The van der Waals surface area contributed by atoms with E-state index in [1.165, 1.54) is 25.9 Å². The first-order valence-corrected chi connectivity index (χ1v) is 8.38. The van der Waals surface area contributed by atoms with Gasteiger partial charge in [-0.3, -0.25) is 9.89 Å². The standard InChI is InChI=1S/C16H32N4O/c1-13-6-4-8-20(11-13)16(2,3)12-19-15(17)18-10-14-7-5-9-21-14/h13-14H,4-12H2,1-3H3,(H3,17,18,19). The molecule has 2 rings (SSSR count). The Morgan fingerprint density at radius 1 is 1.38 bits per heavy atom. The largest absolute Gasteiger partial charge is 0.376 e. The Morgan fingerprint density at radius 3 is 2.86 bits per heavy atom. The van der Waals surface area contributed by atoms with E-state index < -0.39 is 0 Å². The number of hydrogen-bond acceptors (Lipinski definition) is 3. The minimum Gasteiger partial charge on any atom is -0.376 e. The number of hydrogen-bond donors (Lipinski definition) is 2. The summed E-state index contributed by atoms with van der Waals surface area (Å²) < 4.78 is 5.57.